The number of nitrogens with two attached hydrogens (primary N) is 1. The number of rotatable bonds is 5. The molecule has 3 aromatic rings. The molecule has 0 bridgehead atoms. The molecule has 1 aliphatic heterocycles. The summed E-state index contributed by atoms with van der Waals surface area (Å²) in [6, 6.07) is 12.3. The molecule has 0 radical (unpaired) electrons. The highest BCUT2D eigenvalue weighted by Gasteiger charge is 2.34. The predicted octanol–water partition coefficient (Wildman–Crippen LogP) is 3.48. The van der Waals surface area contributed by atoms with Gasteiger partial charge in [-0.2, -0.15) is 5.10 Å². The molecule has 2 aromatic carbocycles. The summed E-state index contributed by atoms with van der Waals surface area (Å²) in [6.07, 6.45) is 3.43. The molecule has 148 valence electrons. The number of amides is 2. The van der Waals surface area contributed by atoms with Crippen molar-refractivity contribution in [3.8, 4) is 5.69 Å². The van der Waals surface area contributed by atoms with Gasteiger partial charge in [-0.1, -0.05) is 29.3 Å². The Labute approximate surface area is 177 Å². The van der Waals surface area contributed by atoms with Gasteiger partial charge in [-0.05, 0) is 36.4 Å². The molecule has 3 N–H and O–H groups in total. The summed E-state index contributed by atoms with van der Waals surface area (Å²) in [4.78, 5) is 25.1. The van der Waals surface area contributed by atoms with Crippen LogP contribution in [0.3, 0.4) is 0 Å². The average molecular weight is 430 g/mol. The van der Waals surface area contributed by atoms with Crippen LogP contribution in [0.1, 0.15) is 10.4 Å². The van der Waals surface area contributed by atoms with E-state index in [4.69, 9.17) is 28.9 Å². The Morgan fingerprint density at radius 2 is 1.69 bits per heavy atom. The highest BCUT2D eigenvalue weighted by atomic mass is 35.5. The van der Waals surface area contributed by atoms with Crippen molar-refractivity contribution in [2.75, 3.05) is 18.4 Å². The minimum atomic E-state index is -0.368. The van der Waals surface area contributed by atoms with E-state index in [0.717, 1.165) is 11.4 Å². The lowest BCUT2D eigenvalue weighted by molar-refractivity contribution is -0.125. The van der Waals surface area contributed by atoms with Gasteiger partial charge >= 0.3 is 0 Å². The van der Waals surface area contributed by atoms with E-state index < -0.39 is 0 Å². The maximum atomic E-state index is 12.4. The van der Waals surface area contributed by atoms with E-state index in [-0.39, 0.29) is 17.7 Å². The van der Waals surface area contributed by atoms with Gasteiger partial charge in [0.15, 0.2) is 0 Å². The molecule has 1 saturated heterocycles. The van der Waals surface area contributed by atoms with Crippen LogP contribution in [0.2, 0.25) is 10.0 Å². The fourth-order valence-corrected chi connectivity index (χ4v) is 3.66. The van der Waals surface area contributed by atoms with Crippen LogP contribution in [0.4, 0.5) is 11.4 Å². The zero-order chi connectivity index (χ0) is 20.5. The lowest BCUT2D eigenvalue weighted by Crippen LogP contribution is -2.54. The minimum absolute atomic E-state index is 0.116. The second-order valence-electron chi connectivity index (χ2n) is 6.76. The van der Waals surface area contributed by atoms with Crippen LogP contribution >= 0.6 is 23.2 Å². The van der Waals surface area contributed by atoms with Crippen LogP contribution in [0.15, 0.2) is 54.9 Å². The second-order valence-corrected chi connectivity index (χ2v) is 7.57. The molecule has 4 rings (SSSR count). The number of anilines is 2. The minimum Gasteiger partial charge on any atom is -0.369 e. The molecule has 9 heteroatoms. The second kappa shape index (κ2) is 7.77. The lowest BCUT2D eigenvalue weighted by Gasteiger charge is -2.37. The molecule has 0 spiro atoms. The Morgan fingerprint density at radius 3 is 2.31 bits per heavy atom. The van der Waals surface area contributed by atoms with E-state index in [9.17, 15) is 9.59 Å². The van der Waals surface area contributed by atoms with Crippen LogP contribution in [0, 0.1) is 5.92 Å². The van der Waals surface area contributed by atoms with E-state index in [1.165, 1.54) is 0 Å². The molecule has 2 amide bonds. The maximum Gasteiger partial charge on any atom is 0.253 e. The highest BCUT2D eigenvalue weighted by Crippen LogP contribution is 2.29. The quantitative estimate of drug-likeness (QED) is 0.648. The molecular weight excluding hydrogens is 413 g/mol. The van der Waals surface area contributed by atoms with Gasteiger partial charge in [0.05, 0.1) is 34.0 Å². The Hall–Kier alpha value is -3.03. The van der Waals surface area contributed by atoms with Crippen LogP contribution in [-0.4, -0.2) is 39.6 Å². The monoisotopic (exact) mass is 429 g/mol. The number of carbonyl (C=O) groups is 2. The first-order valence-electron chi connectivity index (χ1n) is 8.87. The molecule has 1 aliphatic rings. The Bertz CT molecular complexity index is 1050. The number of likely N-dealkylation sites (tertiary alicyclic amines) is 1. The average Bonchev–Trinajstić information content (AvgIpc) is 3.08. The predicted molar refractivity (Wildman–Crippen MR) is 112 cm³/mol. The SMILES string of the molecule is NC(=O)C1CN(C(=O)c2ccc(Nc3cnn(-c4c(Cl)cccc4Cl)c3)cc2)C1. The van der Waals surface area contributed by atoms with Crippen molar-refractivity contribution >= 4 is 46.4 Å². The zero-order valence-electron chi connectivity index (χ0n) is 15.2. The standard InChI is InChI=1S/C20H17Cl2N5O2/c21-16-2-1-3-17(22)18(16)27-11-15(8-24-27)25-14-6-4-12(5-7-14)20(29)26-9-13(10-26)19(23)28/h1-8,11,13,25H,9-10H2,(H2,23,28). The number of primary amides is 1. The number of aromatic nitrogens is 2. The Morgan fingerprint density at radius 1 is 1.03 bits per heavy atom. The number of halogens is 2. The third-order valence-corrected chi connectivity index (χ3v) is 5.35. The van der Waals surface area contributed by atoms with Crippen LogP contribution in [0.5, 0.6) is 0 Å². The van der Waals surface area contributed by atoms with Gasteiger partial charge < -0.3 is 16.0 Å². The van der Waals surface area contributed by atoms with E-state index in [2.05, 4.69) is 10.4 Å². The first-order valence-corrected chi connectivity index (χ1v) is 9.62. The molecule has 1 fully saturated rings. The van der Waals surface area contributed by atoms with Gasteiger partial charge in [-0.3, -0.25) is 9.59 Å². The first-order chi connectivity index (χ1) is 13.9. The number of para-hydroxylation sites is 1. The summed E-state index contributed by atoms with van der Waals surface area (Å²) in [7, 11) is 0. The smallest absolute Gasteiger partial charge is 0.253 e. The molecule has 29 heavy (non-hydrogen) atoms. The number of hydrogen-bond acceptors (Lipinski definition) is 4. The number of benzene rings is 2. The molecule has 1 aromatic heterocycles. The number of hydrogen-bond donors (Lipinski definition) is 2. The molecule has 0 unspecified atom stereocenters. The van der Waals surface area contributed by atoms with E-state index in [0.29, 0.717) is 34.4 Å². The van der Waals surface area contributed by atoms with E-state index >= 15 is 0 Å². The van der Waals surface area contributed by atoms with Crippen molar-refractivity contribution in [3.05, 3.63) is 70.5 Å². The van der Waals surface area contributed by atoms with Crippen LogP contribution < -0.4 is 11.1 Å². The van der Waals surface area contributed by atoms with Crippen molar-refractivity contribution in [3.63, 3.8) is 0 Å². The van der Waals surface area contributed by atoms with Gasteiger partial charge in [0.25, 0.3) is 5.91 Å². The fraction of sp³-hybridized carbons (Fsp3) is 0.150. The van der Waals surface area contributed by atoms with E-state index in [1.807, 2.05) is 0 Å². The van der Waals surface area contributed by atoms with Crippen molar-refractivity contribution in [1.29, 1.82) is 0 Å². The van der Waals surface area contributed by atoms with Crippen LogP contribution in [0.25, 0.3) is 5.69 Å². The van der Waals surface area contributed by atoms with E-state index in [1.54, 1.807) is 64.4 Å². The molecule has 7 nitrogen and oxygen atoms in total. The number of nitrogens with one attached hydrogen (secondary N) is 1. The maximum absolute atomic E-state index is 12.4. The summed E-state index contributed by atoms with van der Waals surface area (Å²) in [5, 5.41) is 8.52. The number of carbonyl (C=O) groups excluding carboxylic acids is 2. The zero-order valence-corrected chi connectivity index (χ0v) is 16.7. The fourth-order valence-electron chi connectivity index (χ4n) is 3.09. The normalized spacial score (nSPS) is 13.8. The van der Waals surface area contributed by atoms with Gasteiger partial charge in [0.2, 0.25) is 5.91 Å². The molecule has 0 saturated carbocycles. The summed E-state index contributed by atoms with van der Waals surface area (Å²) < 4.78 is 1.60. The van der Waals surface area contributed by atoms with Crippen LogP contribution in [-0.2, 0) is 4.79 Å². The summed E-state index contributed by atoms with van der Waals surface area (Å²) in [6.45, 7) is 0.746. The van der Waals surface area contributed by atoms with Gasteiger partial charge in [0, 0.05) is 24.3 Å². The van der Waals surface area contributed by atoms with Crippen molar-refractivity contribution in [2.24, 2.45) is 11.7 Å². The molecule has 0 atom stereocenters. The molecule has 0 aliphatic carbocycles. The van der Waals surface area contributed by atoms with Crippen molar-refractivity contribution < 1.29 is 9.59 Å². The third kappa shape index (κ3) is 3.92. The van der Waals surface area contributed by atoms with Gasteiger partial charge in [0.1, 0.15) is 5.69 Å². The first kappa shape index (κ1) is 19.3. The largest absolute Gasteiger partial charge is 0.369 e. The summed E-state index contributed by atoms with van der Waals surface area (Å²) in [5.41, 5.74) is 7.94. The summed E-state index contributed by atoms with van der Waals surface area (Å²) in [5.74, 6) is -0.731. The number of nitrogens with zero attached hydrogens (tertiary/aromatic N) is 3. The van der Waals surface area contributed by atoms with Gasteiger partial charge in [-0.25, -0.2) is 4.68 Å². The van der Waals surface area contributed by atoms with Crippen molar-refractivity contribution in [1.82, 2.24) is 14.7 Å². The Balaban J connectivity index is 1.43. The third-order valence-electron chi connectivity index (χ3n) is 4.74. The topological polar surface area (TPSA) is 93.2 Å². The Kier molecular flexibility index (Phi) is 5.17. The highest BCUT2D eigenvalue weighted by molar-refractivity contribution is 6.37. The molecule has 2 heterocycles. The van der Waals surface area contributed by atoms with Crippen molar-refractivity contribution in [2.45, 2.75) is 0 Å². The molecular formula is C20H17Cl2N5O2. The summed E-state index contributed by atoms with van der Waals surface area (Å²) >= 11 is 12.4. The lowest BCUT2D eigenvalue weighted by atomic mass is 9.98. The van der Waals surface area contributed by atoms with Gasteiger partial charge in [-0.15, -0.1) is 0 Å².